The summed E-state index contributed by atoms with van der Waals surface area (Å²) in [5.41, 5.74) is 1.26. The number of nitrogens with zero attached hydrogens (tertiary/aromatic N) is 1. The van der Waals surface area contributed by atoms with Gasteiger partial charge in [0, 0.05) is 24.2 Å². The minimum Gasteiger partial charge on any atom is -0.497 e. The van der Waals surface area contributed by atoms with Crippen LogP contribution in [0.3, 0.4) is 0 Å². The molecule has 0 spiro atoms. The van der Waals surface area contributed by atoms with E-state index in [0.717, 1.165) is 24.2 Å². The molecule has 0 saturated heterocycles. The molecule has 0 atom stereocenters. The van der Waals surface area contributed by atoms with Crippen molar-refractivity contribution >= 4 is 23.6 Å². The fourth-order valence-electron chi connectivity index (χ4n) is 2.62. The third-order valence-corrected chi connectivity index (χ3v) is 4.50. The van der Waals surface area contributed by atoms with E-state index < -0.39 is 5.82 Å². The van der Waals surface area contributed by atoms with E-state index in [1.165, 1.54) is 24.3 Å². The molecule has 2 aromatic rings. The van der Waals surface area contributed by atoms with E-state index in [-0.39, 0.29) is 22.5 Å². The molecule has 0 aliphatic heterocycles. The molecule has 2 aromatic carbocycles. The summed E-state index contributed by atoms with van der Waals surface area (Å²) in [6.45, 7) is 0.517. The van der Waals surface area contributed by atoms with Crippen LogP contribution in [0.5, 0.6) is 5.75 Å². The van der Waals surface area contributed by atoms with Gasteiger partial charge in [-0.15, -0.1) is 0 Å². The van der Waals surface area contributed by atoms with Gasteiger partial charge in [0.05, 0.1) is 12.1 Å². The number of halogens is 2. The van der Waals surface area contributed by atoms with Gasteiger partial charge >= 0.3 is 0 Å². The van der Waals surface area contributed by atoms with E-state index in [1.807, 2.05) is 29.2 Å². The summed E-state index contributed by atoms with van der Waals surface area (Å²) in [7, 11) is 1.62. The molecule has 25 heavy (non-hydrogen) atoms. The maximum atomic E-state index is 13.8. The minimum absolute atomic E-state index is 0.141. The smallest absolute Gasteiger partial charge is 0.247 e. The SMILES string of the molecule is COc1ccc(CN(C(=O)/C=C/c2c(F)cccc2Cl)C2CC2)cc1. The molecular weight excluding hydrogens is 341 g/mol. The van der Waals surface area contributed by atoms with Gasteiger partial charge in [-0.1, -0.05) is 29.8 Å². The van der Waals surface area contributed by atoms with Gasteiger partial charge < -0.3 is 9.64 Å². The molecule has 0 heterocycles. The van der Waals surface area contributed by atoms with Crippen LogP contribution in [0.15, 0.2) is 48.5 Å². The molecule has 0 radical (unpaired) electrons. The van der Waals surface area contributed by atoms with Crippen molar-refractivity contribution in [2.75, 3.05) is 7.11 Å². The molecule has 1 saturated carbocycles. The van der Waals surface area contributed by atoms with E-state index >= 15 is 0 Å². The standard InChI is InChI=1S/C20H19ClFNO2/c1-25-16-9-5-14(6-10-16)13-23(15-7-8-15)20(24)12-11-17-18(21)3-2-4-19(17)22/h2-6,9-12,15H,7-8,13H2,1H3/b12-11+. The zero-order valence-electron chi connectivity index (χ0n) is 13.9. The Labute approximate surface area is 151 Å². The monoisotopic (exact) mass is 359 g/mol. The van der Waals surface area contributed by atoms with Crippen molar-refractivity contribution in [3.05, 3.63) is 70.5 Å². The van der Waals surface area contributed by atoms with Crippen LogP contribution in [-0.4, -0.2) is 24.0 Å². The number of rotatable bonds is 6. The van der Waals surface area contributed by atoms with Crippen molar-refractivity contribution in [1.82, 2.24) is 4.90 Å². The number of ether oxygens (including phenoxy) is 1. The molecule has 5 heteroatoms. The zero-order valence-corrected chi connectivity index (χ0v) is 14.7. The first kappa shape index (κ1) is 17.5. The molecule has 3 nitrogen and oxygen atoms in total. The van der Waals surface area contributed by atoms with Crippen molar-refractivity contribution in [2.24, 2.45) is 0 Å². The highest BCUT2D eigenvalue weighted by molar-refractivity contribution is 6.32. The first-order valence-electron chi connectivity index (χ1n) is 8.14. The quantitative estimate of drug-likeness (QED) is 0.700. The summed E-state index contributed by atoms with van der Waals surface area (Å²) in [4.78, 5) is 14.4. The van der Waals surface area contributed by atoms with Gasteiger partial charge in [0.15, 0.2) is 0 Å². The topological polar surface area (TPSA) is 29.5 Å². The lowest BCUT2D eigenvalue weighted by Gasteiger charge is -2.21. The molecule has 130 valence electrons. The molecule has 0 unspecified atom stereocenters. The van der Waals surface area contributed by atoms with Gasteiger partial charge in [0.25, 0.3) is 0 Å². The van der Waals surface area contributed by atoms with Gasteiger partial charge in [-0.25, -0.2) is 4.39 Å². The Morgan fingerprint density at radius 3 is 2.60 bits per heavy atom. The Kier molecular flexibility index (Phi) is 5.39. The number of methoxy groups -OCH3 is 1. The summed E-state index contributed by atoms with van der Waals surface area (Å²) in [6.07, 6.45) is 4.84. The number of carbonyl (C=O) groups is 1. The van der Waals surface area contributed by atoms with Gasteiger partial charge in [-0.05, 0) is 48.7 Å². The number of hydrogen-bond donors (Lipinski definition) is 0. The van der Waals surface area contributed by atoms with E-state index in [0.29, 0.717) is 6.54 Å². The predicted octanol–water partition coefficient (Wildman–Crippen LogP) is 4.69. The molecule has 0 N–H and O–H groups in total. The fraction of sp³-hybridized carbons (Fsp3) is 0.250. The first-order chi connectivity index (χ1) is 12.1. The largest absolute Gasteiger partial charge is 0.497 e. The molecular formula is C20H19ClFNO2. The van der Waals surface area contributed by atoms with Crippen LogP contribution in [-0.2, 0) is 11.3 Å². The van der Waals surface area contributed by atoms with Crippen LogP contribution in [0.2, 0.25) is 5.02 Å². The number of amides is 1. The molecule has 3 rings (SSSR count). The van der Waals surface area contributed by atoms with Crippen molar-refractivity contribution in [1.29, 1.82) is 0 Å². The van der Waals surface area contributed by atoms with Crippen molar-refractivity contribution < 1.29 is 13.9 Å². The molecule has 0 aromatic heterocycles. The summed E-state index contributed by atoms with van der Waals surface area (Å²) in [6, 6.07) is 12.3. The van der Waals surface area contributed by atoms with Crippen LogP contribution in [0, 0.1) is 5.82 Å². The van der Waals surface area contributed by atoms with Crippen LogP contribution >= 0.6 is 11.6 Å². The van der Waals surface area contributed by atoms with Gasteiger partial charge in [-0.2, -0.15) is 0 Å². The average molecular weight is 360 g/mol. The second kappa shape index (κ2) is 7.70. The third-order valence-electron chi connectivity index (χ3n) is 4.17. The van der Waals surface area contributed by atoms with Gasteiger partial charge in [-0.3, -0.25) is 4.79 Å². The van der Waals surface area contributed by atoms with Crippen LogP contribution in [0.25, 0.3) is 6.08 Å². The molecule has 0 bridgehead atoms. The summed E-state index contributed by atoms with van der Waals surface area (Å²) >= 11 is 6.00. The highest BCUT2D eigenvalue weighted by atomic mass is 35.5. The Morgan fingerprint density at radius 1 is 1.28 bits per heavy atom. The lowest BCUT2D eigenvalue weighted by Crippen LogP contribution is -2.31. The molecule has 1 aliphatic carbocycles. The fourth-order valence-corrected chi connectivity index (χ4v) is 2.85. The summed E-state index contributed by atoms with van der Waals surface area (Å²) in [5.74, 6) is 0.199. The second-order valence-corrected chi connectivity index (χ2v) is 6.42. The highest BCUT2D eigenvalue weighted by Crippen LogP contribution is 2.29. The van der Waals surface area contributed by atoms with Gasteiger partial charge in [0.1, 0.15) is 11.6 Å². The normalized spacial score (nSPS) is 13.9. The summed E-state index contributed by atoms with van der Waals surface area (Å²) in [5, 5.41) is 0.289. The molecule has 1 fully saturated rings. The van der Waals surface area contributed by atoms with E-state index in [9.17, 15) is 9.18 Å². The minimum atomic E-state index is -0.440. The molecule has 1 aliphatic rings. The lowest BCUT2D eigenvalue weighted by atomic mass is 10.1. The number of carbonyl (C=O) groups excluding carboxylic acids is 1. The zero-order chi connectivity index (χ0) is 17.8. The molecule has 1 amide bonds. The Morgan fingerprint density at radius 2 is 2.00 bits per heavy atom. The van der Waals surface area contributed by atoms with E-state index in [1.54, 1.807) is 13.2 Å². The van der Waals surface area contributed by atoms with Crippen molar-refractivity contribution in [3.63, 3.8) is 0 Å². The highest BCUT2D eigenvalue weighted by Gasteiger charge is 2.31. The average Bonchev–Trinajstić information content (AvgIpc) is 3.44. The van der Waals surface area contributed by atoms with E-state index in [2.05, 4.69) is 0 Å². The Hall–Kier alpha value is -2.33. The first-order valence-corrected chi connectivity index (χ1v) is 8.52. The second-order valence-electron chi connectivity index (χ2n) is 6.01. The number of hydrogen-bond acceptors (Lipinski definition) is 2. The lowest BCUT2D eigenvalue weighted by molar-refractivity contribution is -0.127. The maximum Gasteiger partial charge on any atom is 0.247 e. The Balaban J connectivity index is 1.74. The van der Waals surface area contributed by atoms with Crippen LogP contribution in [0.4, 0.5) is 4.39 Å². The van der Waals surface area contributed by atoms with Crippen LogP contribution < -0.4 is 4.74 Å². The number of benzene rings is 2. The van der Waals surface area contributed by atoms with Crippen LogP contribution in [0.1, 0.15) is 24.0 Å². The summed E-state index contributed by atoms with van der Waals surface area (Å²) < 4.78 is 19.0. The van der Waals surface area contributed by atoms with Gasteiger partial charge in [0.2, 0.25) is 5.91 Å². The van der Waals surface area contributed by atoms with Crippen molar-refractivity contribution in [3.8, 4) is 5.75 Å². The van der Waals surface area contributed by atoms with E-state index in [4.69, 9.17) is 16.3 Å². The predicted molar refractivity (Wildman–Crippen MR) is 97.0 cm³/mol. The maximum absolute atomic E-state index is 13.8. The third kappa shape index (κ3) is 4.40. The Bertz CT molecular complexity index is 765. The van der Waals surface area contributed by atoms with Crippen molar-refractivity contribution in [2.45, 2.75) is 25.4 Å².